The molecule has 2 rings (SSSR count). The van der Waals surface area contributed by atoms with Crippen LogP contribution in [-0.4, -0.2) is 9.97 Å². The lowest BCUT2D eigenvalue weighted by Crippen LogP contribution is -1.89. The Bertz CT molecular complexity index is 535. The summed E-state index contributed by atoms with van der Waals surface area (Å²) in [4.78, 5) is 0.489. The Morgan fingerprint density at radius 1 is 1.00 bits per heavy atom. The Morgan fingerprint density at radius 2 is 1.59 bits per heavy atom. The quantitative estimate of drug-likeness (QED) is 0.497. The van der Waals surface area contributed by atoms with Crippen LogP contribution < -0.4 is 0 Å². The molecule has 0 spiro atoms. The number of hydrogen-bond donors (Lipinski definition) is 1. The lowest BCUT2D eigenvalue weighted by molar-refractivity contribution is -0.435. The largest absolute Gasteiger partial charge is 0.594 e. The second kappa shape index (κ2) is 4.84. The Hall–Kier alpha value is -2.07. The predicted octanol–water partition coefficient (Wildman–Crippen LogP) is 3.97. The molecular weight excluding hydrogens is 240 g/mol. The first-order valence-electron chi connectivity index (χ1n) is 4.89. The van der Waals surface area contributed by atoms with Crippen molar-refractivity contribution in [2.24, 2.45) is 5.11 Å². The maximum Gasteiger partial charge on any atom is 0.245 e. The third-order valence-corrected chi connectivity index (χ3v) is 2.36. The number of rotatable bonds is 2. The molecule has 0 unspecified atom stereocenters. The molecule has 0 amide bonds. The average molecular weight is 249 g/mol. The van der Waals surface area contributed by atoms with E-state index in [2.05, 4.69) is 5.11 Å². The molecular formula is C12H9ClN2O2. The fourth-order valence-electron chi connectivity index (χ4n) is 1.25. The van der Waals surface area contributed by atoms with Crippen LogP contribution in [0, 0.1) is 5.21 Å². The number of nitrogens with zero attached hydrogens (tertiary/aromatic N) is 2. The summed E-state index contributed by atoms with van der Waals surface area (Å²) >= 11 is 5.72. The van der Waals surface area contributed by atoms with Gasteiger partial charge >= 0.3 is 0 Å². The van der Waals surface area contributed by atoms with Gasteiger partial charge in [-0.3, -0.25) is 0 Å². The Morgan fingerprint density at radius 3 is 2.18 bits per heavy atom. The number of halogens is 1. The normalized spacial score (nSPS) is 11.5. The third kappa shape index (κ3) is 2.95. The van der Waals surface area contributed by atoms with Gasteiger partial charge in [0.2, 0.25) is 5.69 Å². The topological polar surface area (TPSA) is 58.7 Å². The molecule has 17 heavy (non-hydrogen) atoms. The van der Waals surface area contributed by atoms with Crippen LogP contribution in [0.3, 0.4) is 0 Å². The van der Waals surface area contributed by atoms with Gasteiger partial charge in [0.1, 0.15) is 11.4 Å². The maximum atomic E-state index is 11.6. The first kappa shape index (κ1) is 11.4. The average Bonchev–Trinajstić information content (AvgIpc) is 2.33. The lowest BCUT2D eigenvalue weighted by Gasteiger charge is -1.99. The van der Waals surface area contributed by atoms with Crippen molar-refractivity contribution in [1.82, 2.24) is 0 Å². The highest BCUT2D eigenvalue weighted by molar-refractivity contribution is 6.30. The molecule has 0 heterocycles. The number of hydrogen-bond acceptors (Lipinski definition) is 3. The molecule has 0 aliphatic carbocycles. The summed E-state index contributed by atoms with van der Waals surface area (Å²) in [6, 6.07) is 12.4. The smallest absolute Gasteiger partial charge is 0.245 e. The molecule has 0 saturated carbocycles. The van der Waals surface area contributed by atoms with Crippen LogP contribution in [0.25, 0.3) is 0 Å². The number of phenols is 1. The first-order chi connectivity index (χ1) is 8.15. The van der Waals surface area contributed by atoms with Gasteiger partial charge in [-0.2, -0.15) is 0 Å². The van der Waals surface area contributed by atoms with Gasteiger partial charge in [0, 0.05) is 22.3 Å². The van der Waals surface area contributed by atoms with Gasteiger partial charge < -0.3 is 10.3 Å². The fourth-order valence-corrected chi connectivity index (χ4v) is 1.38. The number of benzene rings is 2. The monoisotopic (exact) mass is 248 g/mol. The van der Waals surface area contributed by atoms with Crippen LogP contribution in [0.4, 0.5) is 11.4 Å². The molecule has 0 aromatic heterocycles. The van der Waals surface area contributed by atoms with E-state index < -0.39 is 0 Å². The van der Waals surface area contributed by atoms with E-state index in [0.29, 0.717) is 21.3 Å². The van der Waals surface area contributed by atoms with E-state index in [-0.39, 0.29) is 5.75 Å². The van der Waals surface area contributed by atoms with Crippen LogP contribution in [0.2, 0.25) is 5.02 Å². The third-order valence-electron chi connectivity index (χ3n) is 2.10. The van der Waals surface area contributed by atoms with Gasteiger partial charge in [-0.05, 0) is 36.4 Å². The minimum atomic E-state index is 0.105. The van der Waals surface area contributed by atoms with Crippen LogP contribution in [0.15, 0.2) is 53.6 Å². The molecule has 2 aromatic carbocycles. The van der Waals surface area contributed by atoms with Gasteiger partial charge in [-0.1, -0.05) is 16.5 Å². The highest BCUT2D eigenvalue weighted by atomic mass is 35.5. The Kier molecular flexibility index (Phi) is 3.25. The zero-order valence-electron chi connectivity index (χ0n) is 8.75. The molecule has 1 N–H and O–H groups in total. The number of aromatic hydroxyl groups is 1. The van der Waals surface area contributed by atoms with Crippen LogP contribution in [-0.2, 0) is 0 Å². The predicted molar refractivity (Wildman–Crippen MR) is 64.9 cm³/mol. The summed E-state index contributed by atoms with van der Waals surface area (Å²) < 4.78 is 0. The van der Waals surface area contributed by atoms with Crippen molar-refractivity contribution < 1.29 is 9.97 Å². The highest BCUT2D eigenvalue weighted by Crippen LogP contribution is 2.21. The van der Waals surface area contributed by atoms with Crippen molar-refractivity contribution in [3.05, 3.63) is 58.8 Å². The van der Waals surface area contributed by atoms with Crippen molar-refractivity contribution in [2.75, 3.05) is 0 Å². The number of azo groups is 1. The van der Waals surface area contributed by atoms with E-state index >= 15 is 0 Å². The second-order valence-corrected chi connectivity index (χ2v) is 3.80. The van der Waals surface area contributed by atoms with Crippen molar-refractivity contribution in [3.8, 4) is 5.75 Å². The van der Waals surface area contributed by atoms with E-state index in [1.54, 1.807) is 24.3 Å². The molecule has 0 radical (unpaired) electrons. The first-order valence-corrected chi connectivity index (χ1v) is 5.26. The van der Waals surface area contributed by atoms with E-state index in [9.17, 15) is 5.21 Å². The zero-order valence-corrected chi connectivity index (χ0v) is 9.50. The van der Waals surface area contributed by atoms with Crippen molar-refractivity contribution in [2.45, 2.75) is 0 Å². The van der Waals surface area contributed by atoms with Crippen molar-refractivity contribution in [1.29, 1.82) is 0 Å². The van der Waals surface area contributed by atoms with E-state index in [4.69, 9.17) is 16.7 Å². The molecule has 86 valence electrons. The standard InChI is InChI=1S/C12H9ClN2O2/c13-9-1-3-10(4-2-9)14-15(17)11-5-7-12(16)8-6-11/h1-8,16H. The maximum absolute atomic E-state index is 11.6. The summed E-state index contributed by atoms with van der Waals surface area (Å²) in [5.41, 5.74) is 0.857. The summed E-state index contributed by atoms with van der Waals surface area (Å²) in [7, 11) is 0. The fraction of sp³-hybridized carbons (Fsp3) is 0. The Labute approximate surface area is 103 Å². The van der Waals surface area contributed by atoms with Gasteiger partial charge in [0.15, 0.2) is 0 Å². The SMILES string of the molecule is [O-][N+](=Nc1ccc(Cl)cc1)c1ccc(O)cc1. The molecule has 2 aromatic rings. The van der Waals surface area contributed by atoms with E-state index in [1.165, 1.54) is 24.3 Å². The lowest BCUT2D eigenvalue weighted by atomic mass is 10.3. The Balaban J connectivity index is 2.27. The minimum Gasteiger partial charge on any atom is -0.594 e. The van der Waals surface area contributed by atoms with Crippen molar-refractivity contribution >= 4 is 23.0 Å². The highest BCUT2D eigenvalue weighted by Gasteiger charge is 2.03. The van der Waals surface area contributed by atoms with Gasteiger partial charge in [-0.15, -0.1) is 0 Å². The summed E-state index contributed by atoms with van der Waals surface area (Å²) in [6.07, 6.45) is 0. The second-order valence-electron chi connectivity index (χ2n) is 3.37. The van der Waals surface area contributed by atoms with E-state index in [0.717, 1.165) is 0 Å². The number of phenolic OH excluding ortho intramolecular Hbond substituents is 1. The summed E-state index contributed by atoms with van der Waals surface area (Å²) in [6.45, 7) is 0. The molecule has 0 fully saturated rings. The molecule has 0 saturated heterocycles. The van der Waals surface area contributed by atoms with Crippen LogP contribution in [0.5, 0.6) is 5.75 Å². The molecule has 5 heteroatoms. The van der Waals surface area contributed by atoms with Crippen LogP contribution >= 0.6 is 11.6 Å². The minimum absolute atomic E-state index is 0.105. The zero-order chi connectivity index (χ0) is 12.3. The van der Waals surface area contributed by atoms with Gasteiger partial charge in [0.25, 0.3) is 0 Å². The molecule has 0 bridgehead atoms. The van der Waals surface area contributed by atoms with Gasteiger partial charge in [-0.25, -0.2) is 0 Å². The molecule has 0 aliphatic rings. The van der Waals surface area contributed by atoms with Crippen molar-refractivity contribution in [3.63, 3.8) is 0 Å². The molecule has 0 aliphatic heterocycles. The van der Waals surface area contributed by atoms with E-state index in [1.807, 2.05) is 0 Å². The van der Waals surface area contributed by atoms with Gasteiger partial charge in [0.05, 0.1) is 0 Å². The summed E-state index contributed by atoms with van der Waals surface area (Å²) in [5.74, 6) is 0.105. The summed E-state index contributed by atoms with van der Waals surface area (Å²) in [5, 5.41) is 25.2. The van der Waals surface area contributed by atoms with Crippen LogP contribution in [0.1, 0.15) is 0 Å². The molecule has 4 nitrogen and oxygen atoms in total. The molecule has 0 atom stereocenters.